The molecule has 2 aromatic rings. The Hall–Kier alpha value is 0.130. The Morgan fingerprint density at radius 2 is 1.94 bits per heavy atom. The van der Waals surface area contributed by atoms with Gasteiger partial charge in [0.05, 0.1) is 9.90 Å². The Morgan fingerprint density at radius 3 is 2.56 bits per heavy atom. The molecule has 1 aromatic heterocycles. The van der Waals surface area contributed by atoms with Crippen LogP contribution in [0.15, 0.2) is 38.6 Å². The maximum absolute atomic E-state index is 10.2. The minimum atomic E-state index is -0.695. The second-order valence-electron chi connectivity index (χ2n) is 3.18. The van der Waals surface area contributed by atoms with E-state index in [-0.39, 0.29) is 0 Å². The highest BCUT2D eigenvalue weighted by molar-refractivity contribution is 9.10. The lowest BCUT2D eigenvalue weighted by atomic mass is 10.1. The topological polar surface area (TPSA) is 20.2 Å². The van der Waals surface area contributed by atoms with Crippen molar-refractivity contribution >= 4 is 54.8 Å². The van der Waals surface area contributed by atoms with Crippen LogP contribution in [0.1, 0.15) is 16.5 Å². The second-order valence-corrected chi connectivity index (χ2v) is 6.21. The number of hydrogen-bond donors (Lipinski definition) is 1. The molecule has 1 unspecified atom stereocenters. The zero-order valence-electron chi connectivity index (χ0n) is 7.95. The molecule has 0 spiro atoms. The lowest BCUT2D eigenvalue weighted by Gasteiger charge is -2.12. The van der Waals surface area contributed by atoms with Gasteiger partial charge in [0, 0.05) is 14.5 Å². The maximum Gasteiger partial charge on any atom is 0.116 e. The molecule has 0 fully saturated rings. The average molecular weight is 383 g/mol. The van der Waals surface area contributed by atoms with Crippen molar-refractivity contribution in [3.8, 4) is 0 Å². The van der Waals surface area contributed by atoms with E-state index in [2.05, 4.69) is 31.9 Å². The van der Waals surface area contributed by atoms with Crippen LogP contribution >= 0.6 is 54.8 Å². The van der Waals surface area contributed by atoms with E-state index in [1.165, 1.54) is 11.3 Å². The predicted octanol–water partition coefficient (Wildman–Crippen LogP) is 5.01. The van der Waals surface area contributed by atoms with Gasteiger partial charge in [-0.25, -0.2) is 0 Å². The van der Waals surface area contributed by atoms with Crippen LogP contribution in [0.25, 0.3) is 0 Å². The lowest BCUT2D eigenvalue weighted by molar-refractivity contribution is 0.223. The van der Waals surface area contributed by atoms with Crippen LogP contribution in [0.2, 0.25) is 5.02 Å². The molecule has 1 heterocycles. The molecule has 0 saturated carbocycles. The number of halogens is 3. The van der Waals surface area contributed by atoms with Crippen LogP contribution in [0.5, 0.6) is 0 Å². The SMILES string of the molecule is OC(c1cccc(Br)c1Cl)c1sccc1Br. The second kappa shape index (κ2) is 5.19. The van der Waals surface area contributed by atoms with E-state index < -0.39 is 6.10 Å². The van der Waals surface area contributed by atoms with E-state index in [1.807, 2.05) is 29.6 Å². The third kappa shape index (κ3) is 2.36. The molecule has 16 heavy (non-hydrogen) atoms. The van der Waals surface area contributed by atoms with E-state index in [1.54, 1.807) is 0 Å². The Labute approximate surface area is 119 Å². The lowest BCUT2D eigenvalue weighted by Crippen LogP contribution is -1.99. The first-order chi connectivity index (χ1) is 7.61. The summed E-state index contributed by atoms with van der Waals surface area (Å²) in [4.78, 5) is 0.861. The van der Waals surface area contributed by atoms with Crippen molar-refractivity contribution in [1.29, 1.82) is 0 Å². The third-order valence-corrected chi connectivity index (χ3v) is 5.40. The minimum absolute atomic E-state index is 0.551. The summed E-state index contributed by atoms with van der Waals surface area (Å²) in [6, 6.07) is 7.44. The molecule has 1 nitrogen and oxygen atoms in total. The third-order valence-electron chi connectivity index (χ3n) is 2.17. The Kier molecular flexibility index (Phi) is 4.08. The number of hydrogen-bond acceptors (Lipinski definition) is 2. The van der Waals surface area contributed by atoms with Crippen molar-refractivity contribution in [3.05, 3.63) is 54.1 Å². The Bertz CT molecular complexity index is 512. The fourth-order valence-corrected chi connectivity index (χ4v) is 3.58. The highest BCUT2D eigenvalue weighted by Gasteiger charge is 2.18. The number of aliphatic hydroxyl groups is 1. The van der Waals surface area contributed by atoms with Crippen LogP contribution in [-0.2, 0) is 0 Å². The summed E-state index contributed by atoms with van der Waals surface area (Å²) < 4.78 is 1.69. The molecule has 0 saturated heterocycles. The van der Waals surface area contributed by atoms with Crippen molar-refractivity contribution in [2.24, 2.45) is 0 Å². The van der Waals surface area contributed by atoms with Gasteiger partial charge < -0.3 is 5.11 Å². The first-order valence-corrected chi connectivity index (χ1v) is 7.30. The molecule has 5 heteroatoms. The first-order valence-electron chi connectivity index (χ1n) is 4.46. The zero-order chi connectivity index (χ0) is 11.7. The summed E-state index contributed by atoms with van der Waals surface area (Å²) >= 11 is 14.4. The van der Waals surface area contributed by atoms with Gasteiger partial charge in [-0.05, 0) is 49.4 Å². The highest BCUT2D eigenvalue weighted by Crippen LogP contribution is 2.38. The van der Waals surface area contributed by atoms with E-state index in [0.717, 1.165) is 13.8 Å². The largest absolute Gasteiger partial charge is 0.383 e. The maximum atomic E-state index is 10.2. The minimum Gasteiger partial charge on any atom is -0.383 e. The molecule has 84 valence electrons. The van der Waals surface area contributed by atoms with Gasteiger partial charge in [0.25, 0.3) is 0 Å². The van der Waals surface area contributed by atoms with Crippen LogP contribution < -0.4 is 0 Å². The number of thiophene rings is 1. The number of aliphatic hydroxyl groups excluding tert-OH is 1. The molecular formula is C11H7Br2ClOS. The summed E-state index contributed by atoms with van der Waals surface area (Å²) in [5, 5.41) is 12.7. The first kappa shape index (κ1) is 12.6. The normalized spacial score (nSPS) is 12.8. The summed E-state index contributed by atoms with van der Waals surface area (Å²) in [5.74, 6) is 0. The van der Waals surface area contributed by atoms with Gasteiger partial charge in [0.2, 0.25) is 0 Å². The zero-order valence-corrected chi connectivity index (χ0v) is 12.7. The molecule has 0 aliphatic rings. The fraction of sp³-hybridized carbons (Fsp3) is 0.0909. The Balaban J connectivity index is 2.46. The van der Waals surface area contributed by atoms with E-state index in [0.29, 0.717) is 10.6 Å². The molecule has 0 aliphatic heterocycles. The van der Waals surface area contributed by atoms with Gasteiger partial charge in [-0.3, -0.25) is 0 Å². The fourth-order valence-electron chi connectivity index (χ4n) is 1.37. The summed E-state index contributed by atoms with van der Waals surface area (Å²) in [5.41, 5.74) is 0.708. The van der Waals surface area contributed by atoms with Crippen LogP contribution in [0.4, 0.5) is 0 Å². The van der Waals surface area contributed by atoms with Gasteiger partial charge >= 0.3 is 0 Å². The van der Waals surface area contributed by atoms with Crippen molar-refractivity contribution in [2.75, 3.05) is 0 Å². The molecule has 0 aliphatic carbocycles. The van der Waals surface area contributed by atoms with E-state index in [9.17, 15) is 5.11 Å². The summed E-state index contributed by atoms with van der Waals surface area (Å²) in [6.45, 7) is 0. The predicted molar refractivity (Wildman–Crippen MR) is 75.2 cm³/mol. The van der Waals surface area contributed by atoms with Crippen molar-refractivity contribution in [1.82, 2.24) is 0 Å². The van der Waals surface area contributed by atoms with Gasteiger partial charge in [-0.1, -0.05) is 23.7 Å². The molecule has 2 rings (SSSR count). The molecule has 0 radical (unpaired) electrons. The standard InChI is InChI=1S/C11H7Br2ClOS/c12-7-3-1-2-6(9(7)14)10(15)11-8(13)4-5-16-11/h1-5,10,15H. The molecule has 0 amide bonds. The van der Waals surface area contributed by atoms with Gasteiger partial charge in [0.15, 0.2) is 0 Å². The molecule has 0 bridgehead atoms. The van der Waals surface area contributed by atoms with Crippen LogP contribution in [0, 0.1) is 0 Å². The quantitative estimate of drug-likeness (QED) is 0.774. The monoisotopic (exact) mass is 380 g/mol. The van der Waals surface area contributed by atoms with E-state index in [4.69, 9.17) is 11.6 Å². The van der Waals surface area contributed by atoms with Crippen molar-refractivity contribution < 1.29 is 5.11 Å². The molecule has 1 aromatic carbocycles. The smallest absolute Gasteiger partial charge is 0.116 e. The van der Waals surface area contributed by atoms with Crippen molar-refractivity contribution in [3.63, 3.8) is 0 Å². The number of rotatable bonds is 2. The summed E-state index contributed by atoms with van der Waals surface area (Å²) in [6.07, 6.45) is -0.695. The highest BCUT2D eigenvalue weighted by atomic mass is 79.9. The summed E-state index contributed by atoms with van der Waals surface area (Å²) in [7, 11) is 0. The molecular weight excluding hydrogens is 375 g/mol. The van der Waals surface area contributed by atoms with Crippen molar-refractivity contribution in [2.45, 2.75) is 6.10 Å². The van der Waals surface area contributed by atoms with Gasteiger partial charge in [0.1, 0.15) is 6.10 Å². The number of benzene rings is 1. The van der Waals surface area contributed by atoms with E-state index >= 15 is 0 Å². The molecule has 1 N–H and O–H groups in total. The van der Waals surface area contributed by atoms with Gasteiger partial charge in [-0.15, -0.1) is 11.3 Å². The molecule has 1 atom stereocenters. The van der Waals surface area contributed by atoms with Gasteiger partial charge in [-0.2, -0.15) is 0 Å². The van der Waals surface area contributed by atoms with Crippen LogP contribution in [-0.4, -0.2) is 5.11 Å². The Morgan fingerprint density at radius 1 is 1.19 bits per heavy atom. The van der Waals surface area contributed by atoms with Crippen LogP contribution in [0.3, 0.4) is 0 Å². The average Bonchev–Trinajstić information content (AvgIpc) is 2.68.